The molecular formula is C54H35N. The molecule has 256 valence electrons. The Bertz CT molecular complexity index is 3050. The molecule has 11 rings (SSSR count). The molecule has 1 aliphatic carbocycles. The van der Waals surface area contributed by atoms with E-state index < -0.39 is 0 Å². The molecule has 0 N–H and O–H groups in total. The van der Waals surface area contributed by atoms with Crippen LogP contribution in [0.15, 0.2) is 212 Å². The second-order valence-corrected chi connectivity index (χ2v) is 14.6. The summed E-state index contributed by atoms with van der Waals surface area (Å²) < 4.78 is 0. The first-order chi connectivity index (χ1) is 27.2. The molecule has 0 aliphatic heterocycles. The van der Waals surface area contributed by atoms with Crippen LogP contribution in [0.1, 0.15) is 0 Å². The fourth-order valence-electron chi connectivity index (χ4n) is 8.51. The molecular weight excluding hydrogens is 663 g/mol. The highest BCUT2D eigenvalue weighted by Crippen LogP contribution is 2.51. The van der Waals surface area contributed by atoms with Crippen molar-refractivity contribution in [3.8, 4) is 55.6 Å². The van der Waals surface area contributed by atoms with Crippen molar-refractivity contribution in [1.29, 1.82) is 0 Å². The topological polar surface area (TPSA) is 3.24 Å². The molecule has 0 fully saturated rings. The predicted octanol–water partition coefficient (Wildman–Crippen LogP) is 15.3. The highest BCUT2D eigenvalue weighted by atomic mass is 15.1. The monoisotopic (exact) mass is 697 g/mol. The molecule has 10 aromatic carbocycles. The summed E-state index contributed by atoms with van der Waals surface area (Å²) in [5.74, 6) is 0. The van der Waals surface area contributed by atoms with E-state index in [1.54, 1.807) is 0 Å². The fourth-order valence-corrected chi connectivity index (χ4v) is 8.51. The van der Waals surface area contributed by atoms with Gasteiger partial charge in [0.2, 0.25) is 0 Å². The molecule has 0 unspecified atom stereocenters. The molecule has 1 nitrogen and oxygen atoms in total. The predicted molar refractivity (Wildman–Crippen MR) is 234 cm³/mol. The zero-order valence-electron chi connectivity index (χ0n) is 30.2. The summed E-state index contributed by atoms with van der Waals surface area (Å²) >= 11 is 0. The Morgan fingerprint density at radius 1 is 0.218 bits per heavy atom. The maximum atomic E-state index is 2.39. The van der Waals surface area contributed by atoms with E-state index in [-0.39, 0.29) is 0 Å². The van der Waals surface area contributed by atoms with Gasteiger partial charge in [-0.2, -0.15) is 0 Å². The summed E-state index contributed by atoms with van der Waals surface area (Å²) in [7, 11) is 0. The van der Waals surface area contributed by atoms with Gasteiger partial charge in [0.15, 0.2) is 0 Å². The van der Waals surface area contributed by atoms with Gasteiger partial charge in [-0.15, -0.1) is 0 Å². The average Bonchev–Trinajstić information content (AvgIpc) is 3.26. The Hall–Kier alpha value is -7.22. The summed E-state index contributed by atoms with van der Waals surface area (Å²) in [6.45, 7) is 0. The lowest BCUT2D eigenvalue weighted by atomic mass is 9.77. The van der Waals surface area contributed by atoms with E-state index in [1.165, 1.54) is 88.0 Å². The third-order valence-corrected chi connectivity index (χ3v) is 11.3. The quantitative estimate of drug-likeness (QED) is 0.167. The van der Waals surface area contributed by atoms with Gasteiger partial charge < -0.3 is 4.90 Å². The van der Waals surface area contributed by atoms with Crippen LogP contribution >= 0.6 is 0 Å². The summed E-state index contributed by atoms with van der Waals surface area (Å²) in [4.78, 5) is 2.38. The third kappa shape index (κ3) is 5.40. The standard InChI is InChI=1S/C54H35N/c1-3-10-36(11-4-1)38-20-25-46(26-21-38)55(47-27-22-40(23-28-47)50-17-9-15-39-14-7-8-16-49(39)50)48-29-24-43-33-52-51-32-42-19-18-41(37-12-5-2-6-13-37)30-44(42)34-53(51)54(52)35-45(43)31-48/h1-35H. The van der Waals surface area contributed by atoms with Crippen LogP contribution < -0.4 is 4.90 Å². The Morgan fingerprint density at radius 2 is 0.673 bits per heavy atom. The van der Waals surface area contributed by atoms with Crippen molar-refractivity contribution in [2.24, 2.45) is 0 Å². The molecule has 1 heteroatoms. The largest absolute Gasteiger partial charge is 0.310 e. The van der Waals surface area contributed by atoms with Crippen molar-refractivity contribution in [3.05, 3.63) is 212 Å². The number of hydrogen-bond acceptors (Lipinski definition) is 1. The van der Waals surface area contributed by atoms with Gasteiger partial charge in [0.05, 0.1) is 0 Å². The van der Waals surface area contributed by atoms with E-state index in [9.17, 15) is 0 Å². The van der Waals surface area contributed by atoms with Gasteiger partial charge in [0.1, 0.15) is 0 Å². The fraction of sp³-hybridized carbons (Fsp3) is 0. The zero-order valence-corrected chi connectivity index (χ0v) is 30.2. The smallest absolute Gasteiger partial charge is 0.0468 e. The van der Waals surface area contributed by atoms with Crippen molar-refractivity contribution in [2.45, 2.75) is 0 Å². The van der Waals surface area contributed by atoms with Crippen LogP contribution in [0.5, 0.6) is 0 Å². The van der Waals surface area contributed by atoms with Gasteiger partial charge in [0.25, 0.3) is 0 Å². The van der Waals surface area contributed by atoms with Gasteiger partial charge in [-0.1, -0.05) is 146 Å². The number of fused-ring (bicyclic) bond motifs is 7. The molecule has 0 saturated heterocycles. The van der Waals surface area contributed by atoms with Crippen LogP contribution in [0.3, 0.4) is 0 Å². The molecule has 0 atom stereocenters. The molecule has 1 aliphatic rings. The van der Waals surface area contributed by atoms with E-state index in [2.05, 4.69) is 217 Å². The van der Waals surface area contributed by atoms with Crippen molar-refractivity contribution >= 4 is 49.4 Å². The first-order valence-electron chi connectivity index (χ1n) is 19.0. The number of benzene rings is 10. The minimum absolute atomic E-state index is 1.12. The molecule has 0 heterocycles. The Kier molecular flexibility index (Phi) is 7.25. The highest BCUT2D eigenvalue weighted by molar-refractivity contribution is 6.12. The average molecular weight is 698 g/mol. The maximum Gasteiger partial charge on any atom is 0.0468 e. The van der Waals surface area contributed by atoms with Crippen LogP contribution in [-0.2, 0) is 0 Å². The van der Waals surface area contributed by atoms with Crippen LogP contribution in [0.2, 0.25) is 0 Å². The Labute approximate surface area is 321 Å². The summed E-state index contributed by atoms with van der Waals surface area (Å²) in [6.07, 6.45) is 0. The summed E-state index contributed by atoms with van der Waals surface area (Å²) in [6, 6.07) is 77.7. The van der Waals surface area contributed by atoms with E-state index in [0.717, 1.165) is 17.1 Å². The second kappa shape index (κ2) is 12.7. The minimum Gasteiger partial charge on any atom is -0.310 e. The van der Waals surface area contributed by atoms with Gasteiger partial charge in [-0.3, -0.25) is 0 Å². The highest BCUT2D eigenvalue weighted by Gasteiger charge is 2.24. The van der Waals surface area contributed by atoms with E-state index in [0.29, 0.717) is 0 Å². The Morgan fingerprint density at radius 3 is 1.33 bits per heavy atom. The molecule has 0 bridgehead atoms. The number of anilines is 3. The zero-order chi connectivity index (χ0) is 36.3. The lowest BCUT2D eigenvalue weighted by Crippen LogP contribution is -2.10. The van der Waals surface area contributed by atoms with Gasteiger partial charge >= 0.3 is 0 Å². The van der Waals surface area contributed by atoms with Crippen molar-refractivity contribution in [3.63, 3.8) is 0 Å². The number of hydrogen-bond donors (Lipinski definition) is 0. The molecule has 10 aromatic rings. The molecule has 55 heavy (non-hydrogen) atoms. The normalized spacial score (nSPS) is 11.6. The van der Waals surface area contributed by atoms with Crippen LogP contribution in [-0.4, -0.2) is 0 Å². The number of nitrogens with zero attached hydrogens (tertiary/aromatic N) is 1. The van der Waals surface area contributed by atoms with Crippen molar-refractivity contribution in [2.75, 3.05) is 4.90 Å². The van der Waals surface area contributed by atoms with Gasteiger partial charge in [0, 0.05) is 17.1 Å². The van der Waals surface area contributed by atoms with Crippen LogP contribution in [0.25, 0.3) is 88.0 Å². The van der Waals surface area contributed by atoms with Crippen molar-refractivity contribution in [1.82, 2.24) is 0 Å². The summed E-state index contributed by atoms with van der Waals surface area (Å²) in [5, 5.41) is 7.56. The van der Waals surface area contributed by atoms with Crippen molar-refractivity contribution < 1.29 is 0 Å². The molecule has 0 aromatic heterocycles. The van der Waals surface area contributed by atoms with Crippen LogP contribution in [0, 0.1) is 0 Å². The van der Waals surface area contributed by atoms with Gasteiger partial charge in [-0.05, 0) is 155 Å². The molecule has 0 spiro atoms. The van der Waals surface area contributed by atoms with Gasteiger partial charge in [-0.25, -0.2) is 0 Å². The maximum absolute atomic E-state index is 2.39. The lowest BCUT2D eigenvalue weighted by Gasteiger charge is -2.28. The second-order valence-electron chi connectivity index (χ2n) is 14.6. The van der Waals surface area contributed by atoms with E-state index in [1.807, 2.05) is 0 Å². The summed E-state index contributed by atoms with van der Waals surface area (Å²) in [5.41, 5.74) is 16.1. The SMILES string of the molecule is c1ccc(-c2ccc(N(c3ccc(-c4cccc5ccccc45)cc3)c3ccc4cc5c(cc4c3)-c3cc4cc(-c6ccccc6)ccc4cc3-5)cc2)cc1. The first-order valence-corrected chi connectivity index (χ1v) is 19.0. The minimum atomic E-state index is 1.12. The van der Waals surface area contributed by atoms with E-state index >= 15 is 0 Å². The molecule has 0 amide bonds. The first kappa shape index (κ1) is 31.3. The third-order valence-electron chi connectivity index (χ3n) is 11.3. The number of rotatable bonds is 6. The molecule has 0 saturated carbocycles. The lowest BCUT2D eigenvalue weighted by molar-refractivity contribution is 1.29. The molecule has 0 radical (unpaired) electrons. The Balaban J connectivity index is 0.998. The van der Waals surface area contributed by atoms with Crippen LogP contribution in [0.4, 0.5) is 17.1 Å². The van der Waals surface area contributed by atoms with E-state index in [4.69, 9.17) is 0 Å².